The zero-order valence-corrected chi connectivity index (χ0v) is 12.4. The van der Waals surface area contributed by atoms with Crippen molar-refractivity contribution in [2.24, 2.45) is 0 Å². The maximum atomic E-state index is 11.5. The minimum Gasteiger partial charge on any atom is -0.465 e. The van der Waals surface area contributed by atoms with E-state index in [-0.39, 0.29) is 22.8 Å². The van der Waals surface area contributed by atoms with Gasteiger partial charge in [-0.15, -0.1) is 0 Å². The summed E-state index contributed by atoms with van der Waals surface area (Å²) in [6.07, 6.45) is 0. The number of benzene rings is 2. The number of nitrogens with zero attached hydrogens (tertiary/aromatic N) is 1. The van der Waals surface area contributed by atoms with Gasteiger partial charge in [-0.25, -0.2) is 4.79 Å². The van der Waals surface area contributed by atoms with E-state index in [0.717, 1.165) is 0 Å². The van der Waals surface area contributed by atoms with E-state index in [2.05, 4.69) is 4.74 Å². The van der Waals surface area contributed by atoms with Crippen LogP contribution in [0.1, 0.15) is 27.6 Å². The first kappa shape index (κ1) is 16.2. The van der Waals surface area contributed by atoms with E-state index >= 15 is 0 Å². The Labute approximate surface area is 131 Å². The fourth-order valence-electron chi connectivity index (χ4n) is 1.88. The highest BCUT2D eigenvalue weighted by molar-refractivity contribution is 5.94. The average molecular weight is 315 g/mol. The predicted molar refractivity (Wildman–Crippen MR) is 81.0 cm³/mol. The Hall–Kier alpha value is -3.22. The van der Waals surface area contributed by atoms with E-state index in [0.29, 0.717) is 11.3 Å². The van der Waals surface area contributed by atoms with Gasteiger partial charge in [0.1, 0.15) is 5.75 Å². The van der Waals surface area contributed by atoms with Gasteiger partial charge in [0.2, 0.25) is 5.75 Å². The maximum absolute atomic E-state index is 11.5. The van der Waals surface area contributed by atoms with Gasteiger partial charge in [0, 0.05) is 17.7 Å². The first-order chi connectivity index (χ1) is 10.9. The third-order valence-electron chi connectivity index (χ3n) is 3.07. The minimum atomic E-state index is -0.628. The average Bonchev–Trinajstić information content (AvgIpc) is 2.54. The molecule has 118 valence electrons. The zero-order valence-electron chi connectivity index (χ0n) is 12.4. The highest BCUT2D eigenvalue weighted by Crippen LogP contribution is 2.32. The third kappa shape index (κ3) is 3.70. The van der Waals surface area contributed by atoms with E-state index in [1.807, 2.05) is 0 Å². The Morgan fingerprint density at radius 1 is 1.04 bits per heavy atom. The van der Waals surface area contributed by atoms with Crippen LogP contribution in [-0.2, 0) is 4.74 Å². The number of ether oxygens (including phenoxy) is 2. The summed E-state index contributed by atoms with van der Waals surface area (Å²) in [6, 6.07) is 9.84. The van der Waals surface area contributed by atoms with Crippen LogP contribution in [0.4, 0.5) is 5.69 Å². The van der Waals surface area contributed by atoms with Crippen molar-refractivity contribution in [3.05, 3.63) is 63.7 Å². The van der Waals surface area contributed by atoms with Gasteiger partial charge in [0.05, 0.1) is 17.6 Å². The number of Topliss-reactive ketones (excluding diaryl/α,β-unsaturated/α-hetero) is 1. The quantitative estimate of drug-likeness (QED) is 0.363. The van der Waals surface area contributed by atoms with Crippen LogP contribution < -0.4 is 4.74 Å². The van der Waals surface area contributed by atoms with Gasteiger partial charge in [0.15, 0.2) is 5.78 Å². The molecule has 0 saturated heterocycles. The minimum absolute atomic E-state index is 0.0894. The van der Waals surface area contributed by atoms with Gasteiger partial charge >= 0.3 is 11.7 Å². The number of carbonyl (C=O) groups excluding carboxylic acids is 2. The normalized spacial score (nSPS) is 10.0. The molecule has 0 aliphatic heterocycles. The second kappa shape index (κ2) is 6.69. The molecule has 0 aliphatic carbocycles. The number of rotatable bonds is 5. The molecule has 0 fully saturated rings. The van der Waals surface area contributed by atoms with Crippen LogP contribution in [0.25, 0.3) is 0 Å². The molecule has 2 rings (SSSR count). The molecule has 0 amide bonds. The van der Waals surface area contributed by atoms with E-state index in [9.17, 15) is 19.7 Å². The molecule has 0 saturated carbocycles. The summed E-state index contributed by atoms with van der Waals surface area (Å²) in [5, 5.41) is 11.1. The topological polar surface area (TPSA) is 95.7 Å². The molecule has 0 atom stereocenters. The molecule has 7 nitrogen and oxygen atoms in total. The number of nitro groups is 1. The summed E-state index contributed by atoms with van der Waals surface area (Å²) >= 11 is 0. The molecule has 2 aromatic rings. The summed E-state index contributed by atoms with van der Waals surface area (Å²) in [7, 11) is 1.21. The first-order valence-electron chi connectivity index (χ1n) is 6.58. The second-order valence-electron chi connectivity index (χ2n) is 4.61. The molecular weight excluding hydrogens is 302 g/mol. The Kier molecular flexibility index (Phi) is 4.70. The fraction of sp³-hybridized carbons (Fsp3) is 0.125. The van der Waals surface area contributed by atoms with Crippen LogP contribution in [0.2, 0.25) is 0 Å². The fourth-order valence-corrected chi connectivity index (χ4v) is 1.88. The van der Waals surface area contributed by atoms with Crippen molar-refractivity contribution in [2.75, 3.05) is 7.11 Å². The van der Waals surface area contributed by atoms with E-state index < -0.39 is 10.9 Å². The molecule has 0 radical (unpaired) electrons. The van der Waals surface area contributed by atoms with Gasteiger partial charge < -0.3 is 9.47 Å². The van der Waals surface area contributed by atoms with Gasteiger partial charge in [0.25, 0.3) is 0 Å². The molecule has 0 unspecified atom stereocenters. The number of methoxy groups -OCH3 is 1. The molecule has 23 heavy (non-hydrogen) atoms. The standard InChI is InChI=1S/C16H13NO6/c1-10(18)11-3-6-13(7-4-11)23-15-9-12(16(19)22-2)5-8-14(15)17(20)21/h3-9H,1-2H3. The Bertz CT molecular complexity index is 767. The molecular formula is C16H13NO6. The van der Waals surface area contributed by atoms with Crippen LogP contribution in [-0.4, -0.2) is 23.8 Å². The SMILES string of the molecule is COC(=O)c1ccc([N+](=O)[O-])c(Oc2ccc(C(C)=O)cc2)c1. The lowest BCUT2D eigenvalue weighted by Gasteiger charge is -2.08. The van der Waals surface area contributed by atoms with Gasteiger partial charge in [-0.05, 0) is 37.3 Å². The number of ketones is 1. The molecule has 0 N–H and O–H groups in total. The predicted octanol–water partition coefficient (Wildman–Crippen LogP) is 3.38. The third-order valence-corrected chi connectivity index (χ3v) is 3.07. The van der Waals surface area contributed by atoms with Crippen LogP contribution in [0.15, 0.2) is 42.5 Å². The molecule has 0 aromatic heterocycles. The van der Waals surface area contributed by atoms with Crippen molar-refractivity contribution in [1.82, 2.24) is 0 Å². The van der Waals surface area contributed by atoms with E-state index in [1.54, 1.807) is 12.1 Å². The summed E-state index contributed by atoms with van der Waals surface area (Å²) in [6.45, 7) is 1.43. The summed E-state index contributed by atoms with van der Waals surface area (Å²) < 4.78 is 10.1. The molecule has 0 aliphatic rings. The molecule has 7 heteroatoms. The Morgan fingerprint density at radius 3 is 2.17 bits per heavy atom. The largest absolute Gasteiger partial charge is 0.465 e. The van der Waals surface area contributed by atoms with Crippen molar-refractivity contribution in [2.45, 2.75) is 6.92 Å². The van der Waals surface area contributed by atoms with Crippen molar-refractivity contribution >= 4 is 17.4 Å². The van der Waals surface area contributed by atoms with Gasteiger partial charge in [-0.3, -0.25) is 14.9 Å². The maximum Gasteiger partial charge on any atom is 0.337 e. The number of esters is 1. The summed E-state index contributed by atoms with van der Waals surface area (Å²) in [5.41, 5.74) is 0.344. The number of nitro benzene ring substituents is 1. The lowest BCUT2D eigenvalue weighted by Crippen LogP contribution is -2.02. The molecule has 0 heterocycles. The molecule has 2 aromatic carbocycles. The van der Waals surface area contributed by atoms with Crippen molar-refractivity contribution in [3.63, 3.8) is 0 Å². The zero-order chi connectivity index (χ0) is 17.0. The number of hydrogen-bond donors (Lipinski definition) is 0. The van der Waals surface area contributed by atoms with Gasteiger partial charge in [-0.1, -0.05) is 0 Å². The molecule has 0 spiro atoms. The lowest BCUT2D eigenvalue weighted by atomic mass is 10.1. The number of hydrogen-bond acceptors (Lipinski definition) is 6. The Balaban J connectivity index is 2.37. The van der Waals surface area contributed by atoms with Crippen LogP contribution in [0, 0.1) is 10.1 Å². The first-order valence-corrected chi connectivity index (χ1v) is 6.58. The van der Waals surface area contributed by atoms with Gasteiger partial charge in [-0.2, -0.15) is 0 Å². The molecule has 0 bridgehead atoms. The second-order valence-corrected chi connectivity index (χ2v) is 4.61. The smallest absolute Gasteiger partial charge is 0.337 e. The van der Waals surface area contributed by atoms with Crippen molar-refractivity contribution in [1.29, 1.82) is 0 Å². The summed E-state index contributed by atoms with van der Waals surface area (Å²) in [5.74, 6) is -0.513. The van der Waals surface area contributed by atoms with Crippen molar-refractivity contribution < 1.29 is 24.0 Å². The Morgan fingerprint density at radius 2 is 1.65 bits per heavy atom. The van der Waals surface area contributed by atoms with Crippen LogP contribution in [0.3, 0.4) is 0 Å². The van der Waals surface area contributed by atoms with E-state index in [1.165, 1.54) is 44.4 Å². The van der Waals surface area contributed by atoms with Crippen molar-refractivity contribution in [3.8, 4) is 11.5 Å². The van der Waals surface area contributed by atoms with Crippen LogP contribution >= 0.6 is 0 Å². The number of carbonyl (C=O) groups is 2. The highest BCUT2D eigenvalue weighted by Gasteiger charge is 2.19. The monoisotopic (exact) mass is 315 g/mol. The summed E-state index contributed by atoms with van der Waals surface area (Å²) in [4.78, 5) is 33.2. The van der Waals surface area contributed by atoms with E-state index in [4.69, 9.17) is 4.74 Å². The lowest BCUT2D eigenvalue weighted by molar-refractivity contribution is -0.385. The van der Waals surface area contributed by atoms with Crippen LogP contribution in [0.5, 0.6) is 11.5 Å². The highest BCUT2D eigenvalue weighted by atomic mass is 16.6.